The third-order valence-corrected chi connectivity index (χ3v) is 6.86. The quantitative estimate of drug-likeness (QED) is 0.850. The first-order valence-electron chi connectivity index (χ1n) is 10.0. The smallest absolute Gasteiger partial charge is 0.252 e. The summed E-state index contributed by atoms with van der Waals surface area (Å²) in [4.78, 5) is 18.3. The van der Waals surface area contributed by atoms with Crippen LogP contribution < -0.4 is 11.5 Å². The van der Waals surface area contributed by atoms with Gasteiger partial charge in [0.15, 0.2) is 0 Å². The summed E-state index contributed by atoms with van der Waals surface area (Å²) in [6, 6.07) is 11.1. The summed E-state index contributed by atoms with van der Waals surface area (Å²) < 4.78 is 5.52. The number of primary amides is 1. The van der Waals surface area contributed by atoms with Crippen molar-refractivity contribution in [2.45, 2.75) is 30.7 Å². The maximum atomic E-state index is 11.5. The van der Waals surface area contributed by atoms with Crippen LogP contribution in [-0.4, -0.2) is 48.1 Å². The number of nitrogens with two attached hydrogens (primary N) is 2. The first kappa shape index (κ1) is 17.6. The number of rotatable bonds is 4. The lowest BCUT2D eigenvalue weighted by molar-refractivity contribution is 0.0378. The van der Waals surface area contributed by atoms with Crippen molar-refractivity contribution >= 4 is 11.7 Å². The van der Waals surface area contributed by atoms with E-state index in [-0.39, 0.29) is 11.4 Å². The number of aromatic nitrogens is 1. The normalized spacial score (nSPS) is 27.5. The molecule has 0 unspecified atom stereocenters. The van der Waals surface area contributed by atoms with E-state index in [1.807, 2.05) is 0 Å². The molecule has 0 bridgehead atoms. The zero-order valence-electron chi connectivity index (χ0n) is 15.9. The second-order valence-electron chi connectivity index (χ2n) is 8.43. The predicted octanol–water partition coefficient (Wildman–Crippen LogP) is 2.18. The van der Waals surface area contributed by atoms with Crippen LogP contribution in [0.25, 0.3) is 11.1 Å². The van der Waals surface area contributed by atoms with Crippen LogP contribution in [0.5, 0.6) is 0 Å². The Morgan fingerprint density at radius 2 is 1.93 bits per heavy atom. The number of carbonyl (C=O) groups is 1. The zero-order valence-corrected chi connectivity index (χ0v) is 15.9. The molecule has 3 fully saturated rings. The van der Waals surface area contributed by atoms with Crippen molar-refractivity contribution in [2.75, 3.05) is 32.0 Å². The summed E-state index contributed by atoms with van der Waals surface area (Å²) in [5.74, 6) is 0.398. The number of nitrogens with zero attached hydrogens (tertiary/aromatic N) is 2. The number of nitrogen functional groups attached to an aromatic ring is 1. The van der Waals surface area contributed by atoms with Gasteiger partial charge >= 0.3 is 0 Å². The van der Waals surface area contributed by atoms with Crippen LogP contribution in [-0.2, 0) is 10.2 Å². The summed E-state index contributed by atoms with van der Waals surface area (Å²) in [5.41, 5.74) is 15.0. The number of pyridine rings is 1. The van der Waals surface area contributed by atoms with Crippen LogP contribution in [0.1, 0.15) is 35.2 Å². The van der Waals surface area contributed by atoms with Crippen LogP contribution in [0.15, 0.2) is 36.5 Å². The molecule has 6 nitrogen and oxygen atoms in total. The van der Waals surface area contributed by atoms with E-state index in [2.05, 4.69) is 34.1 Å². The summed E-state index contributed by atoms with van der Waals surface area (Å²) in [6.45, 7) is 4.18. The Kier molecular flexibility index (Phi) is 4.14. The number of carbonyl (C=O) groups excluding carboxylic acids is 1. The van der Waals surface area contributed by atoms with Crippen molar-refractivity contribution in [3.8, 4) is 11.1 Å². The molecule has 2 saturated heterocycles. The fourth-order valence-electron chi connectivity index (χ4n) is 5.12. The molecule has 1 saturated carbocycles. The first-order chi connectivity index (χ1) is 13.6. The van der Waals surface area contributed by atoms with Gasteiger partial charge in [0.05, 0.1) is 5.56 Å². The minimum atomic E-state index is -0.553. The van der Waals surface area contributed by atoms with Crippen molar-refractivity contribution in [2.24, 2.45) is 11.7 Å². The van der Waals surface area contributed by atoms with E-state index in [9.17, 15) is 4.79 Å². The zero-order chi connectivity index (χ0) is 19.3. The highest BCUT2D eigenvalue weighted by Gasteiger charge is 2.61. The fraction of sp³-hybridized carbons (Fsp3) is 0.455. The average molecular weight is 378 g/mol. The number of ether oxygens (including phenoxy) is 1. The molecule has 146 valence electrons. The van der Waals surface area contributed by atoms with Crippen molar-refractivity contribution in [1.29, 1.82) is 0 Å². The van der Waals surface area contributed by atoms with Gasteiger partial charge in [-0.25, -0.2) is 4.98 Å². The Bertz CT molecular complexity index is 907. The van der Waals surface area contributed by atoms with E-state index in [0.717, 1.165) is 49.6 Å². The summed E-state index contributed by atoms with van der Waals surface area (Å²) >= 11 is 0. The molecule has 1 aliphatic carbocycles. The van der Waals surface area contributed by atoms with Gasteiger partial charge in [-0.05, 0) is 42.4 Å². The second-order valence-corrected chi connectivity index (χ2v) is 8.43. The highest BCUT2D eigenvalue weighted by Crippen LogP contribution is 2.59. The molecule has 1 aromatic carbocycles. The highest BCUT2D eigenvalue weighted by molar-refractivity contribution is 5.98. The third-order valence-electron chi connectivity index (χ3n) is 6.86. The van der Waals surface area contributed by atoms with Gasteiger partial charge in [-0.2, -0.15) is 0 Å². The van der Waals surface area contributed by atoms with Gasteiger partial charge in [0.1, 0.15) is 5.82 Å². The SMILES string of the molecule is NC(=O)c1cc(-c2ccc([C@]34C[C@H]3CN(C3CCOCC3)C4)cc2)cnc1N. The van der Waals surface area contributed by atoms with Crippen molar-refractivity contribution in [3.63, 3.8) is 0 Å². The van der Waals surface area contributed by atoms with Gasteiger partial charge in [0, 0.05) is 49.5 Å². The van der Waals surface area contributed by atoms with Crippen LogP contribution >= 0.6 is 0 Å². The lowest BCUT2D eigenvalue weighted by Crippen LogP contribution is -2.40. The third kappa shape index (κ3) is 2.88. The molecule has 0 spiro atoms. The van der Waals surface area contributed by atoms with Crippen molar-refractivity contribution in [1.82, 2.24) is 9.88 Å². The molecule has 2 aromatic rings. The molecule has 28 heavy (non-hydrogen) atoms. The maximum absolute atomic E-state index is 11.5. The molecular weight excluding hydrogens is 352 g/mol. The van der Waals surface area contributed by atoms with E-state index in [4.69, 9.17) is 16.2 Å². The van der Waals surface area contributed by atoms with Gasteiger partial charge in [0.25, 0.3) is 5.91 Å². The summed E-state index contributed by atoms with van der Waals surface area (Å²) in [7, 11) is 0. The van der Waals surface area contributed by atoms with Crippen LogP contribution in [0.3, 0.4) is 0 Å². The van der Waals surface area contributed by atoms with E-state index in [0.29, 0.717) is 11.5 Å². The molecule has 3 aliphatic rings. The number of benzene rings is 1. The number of anilines is 1. The molecule has 3 heterocycles. The van der Waals surface area contributed by atoms with Crippen LogP contribution in [0.4, 0.5) is 5.82 Å². The number of amides is 1. The Balaban J connectivity index is 1.35. The standard InChI is InChI=1S/C22H26N4O2/c23-20-19(21(24)27)9-15(11-25-20)14-1-3-16(4-2-14)22-10-17(22)12-26(13-22)18-5-7-28-8-6-18/h1-4,9,11,17-18H,5-8,10,12-13H2,(H2,23,25)(H2,24,27)/t17-,22+/m0/s1. The predicted molar refractivity (Wildman–Crippen MR) is 108 cm³/mol. The van der Waals surface area contributed by atoms with E-state index < -0.39 is 5.91 Å². The molecule has 1 aromatic heterocycles. The topological polar surface area (TPSA) is 94.5 Å². The first-order valence-corrected chi connectivity index (χ1v) is 10.0. The molecule has 2 aliphatic heterocycles. The number of fused-ring (bicyclic) bond motifs is 1. The molecular formula is C22H26N4O2. The number of hydrogen-bond acceptors (Lipinski definition) is 5. The molecule has 6 heteroatoms. The van der Waals surface area contributed by atoms with Gasteiger partial charge in [-0.3, -0.25) is 9.69 Å². The lowest BCUT2D eigenvalue weighted by Gasteiger charge is -2.33. The minimum Gasteiger partial charge on any atom is -0.383 e. The second kappa shape index (κ2) is 6.57. The average Bonchev–Trinajstić information content (AvgIpc) is 3.30. The monoisotopic (exact) mass is 378 g/mol. The Labute approximate surface area is 164 Å². The number of likely N-dealkylation sites (tertiary alicyclic amines) is 1. The van der Waals surface area contributed by atoms with Gasteiger partial charge in [-0.1, -0.05) is 24.3 Å². The van der Waals surface area contributed by atoms with Crippen molar-refractivity contribution in [3.05, 3.63) is 47.7 Å². The molecule has 5 rings (SSSR count). The van der Waals surface area contributed by atoms with Crippen LogP contribution in [0, 0.1) is 5.92 Å². The Morgan fingerprint density at radius 3 is 2.64 bits per heavy atom. The van der Waals surface area contributed by atoms with E-state index in [1.54, 1.807) is 12.3 Å². The lowest BCUT2D eigenvalue weighted by atomic mass is 9.92. The summed E-state index contributed by atoms with van der Waals surface area (Å²) in [5, 5.41) is 0. The summed E-state index contributed by atoms with van der Waals surface area (Å²) in [6.07, 6.45) is 5.31. The number of hydrogen-bond donors (Lipinski definition) is 2. The van der Waals surface area contributed by atoms with Gasteiger partial charge < -0.3 is 16.2 Å². The van der Waals surface area contributed by atoms with E-state index >= 15 is 0 Å². The molecule has 0 radical (unpaired) electrons. The molecule has 1 amide bonds. The van der Waals surface area contributed by atoms with Crippen LogP contribution in [0.2, 0.25) is 0 Å². The molecule has 4 N–H and O–H groups in total. The Hall–Kier alpha value is -2.44. The number of piperidine rings is 1. The molecule has 2 atom stereocenters. The van der Waals surface area contributed by atoms with Crippen molar-refractivity contribution < 1.29 is 9.53 Å². The maximum Gasteiger partial charge on any atom is 0.252 e. The fourth-order valence-corrected chi connectivity index (χ4v) is 5.12. The highest BCUT2D eigenvalue weighted by atomic mass is 16.5. The van der Waals surface area contributed by atoms with E-state index in [1.165, 1.54) is 18.5 Å². The van der Waals surface area contributed by atoms with Gasteiger partial charge in [-0.15, -0.1) is 0 Å². The Morgan fingerprint density at radius 1 is 1.18 bits per heavy atom. The largest absolute Gasteiger partial charge is 0.383 e. The van der Waals surface area contributed by atoms with Gasteiger partial charge in [0.2, 0.25) is 0 Å². The minimum absolute atomic E-state index is 0.173.